The summed E-state index contributed by atoms with van der Waals surface area (Å²) >= 11 is 0. The zero-order valence-electron chi connectivity index (χ0n) is 15.4. The van der Waals surface area contributed by atoms with Crippen LogP contribution in [0.1, 0.15) is 36.4 Å². The predicted octanol–water partition coefficient (Wildman–Crippen LogP) is 2.38. The van der Waals surface area contributed by atoms with Gasteiger partial charge in [0.1, 0.15) is 0 Å². The van der Waals surface area contributed by atoms with E-state index in [1.807, 2.05) is 35.8 Å². The van der Waals surface area contributed by atoms with Gasteiger partial charge < -0.3 is 19.6 Å². The molecule has 2 aromatic heterocycles. The third-order valence-electron chi connectivity index (χ3n) is 5.20. The van der Waals surface area contributed by atoms with Crippen molar-refractivity contribution in [3.05, 3.63) is 58.9 Å². The lowest BCUT2D eigenvalue weighted by Gasteiger charge is -2.34. The fourth-order valence-electron chi connectivity index (χ4n) is 3.93. The minimum absolute atomic E-state index is 0.0231. The molecule has 142 valence electrons. The van der Waals surface area contributed by atoms with Gasteiger partial charge in [-0.2, -0.15) is 0 Å². The number of nitrogens with one attached hydrogen (secondary N) is 2. The summed E-state index contributed by atoms with van der Waals surface area (Å²) in [5.74, 6) is 0.145. The van der Waals surface area contributed by atoms with Crippen LogP contribution in [0.3, 0.4) is 0 Å². The number of imidazole rings is 1. The molecule has 3 aromatic rings. The molecule has 7 heteroatoms. The Hall–Kier alpha value is -2.80. The number of piperidine rings is 1. The highest BCUT2D eigenvalue weighted by Gasteiger charge is 2.24. The monoisotopic (exact) mass is 368 g/mol. The summed E-state index contributed by atoms with van der Waals surface area (Å²) in [4.78, 5) is 29.7. The molecule has 1 saturated heterocycles. The Morgan fingerprint density at radius 1 is 1.26 bits per heavy atom. The molecule has 2 N–H and O–H groups in total. The van der Waals surface area contributed by atoms with E-state index >= 15 is 0 Å². The summed E-state index contributed by atoms with van der Waals surface area (Å²) in [6.07, 6.45) is 3.33. The minimum Gasteiger partial charge on any atom is -0.459 e. The van der Waals surface area contributed by atoms with Gasteiger partial charge in [-0.1, -0.05) is 12.1 Å². The third-order valence-corrected chi connectivity index (χ3v) is 5.20. The van der Waals surface area contributed by atoms with E-state index in [9.17, 15) is 9.59 Å². The Balaban J connectivity index is 1.34. The predicted molar refractivity (Wildman–Crippen MR) is 103 cm³/mol. The van der Waals surface area contributed by atoms with Gasteiger partial charge in [-0.15, -0.1) is 0 Å². The zero-order chi connectivity index (χ0) is 18.8. The highest BCUT2D eigenvalue weighted by Crippen LogP contribution is 2.24. The van der Waals surface area contributed by atoms with Gasteiger partial charge in [0.2, 0.25) is 0 Å². The Morgan fingerprint density at radius 3 is 2.78 bits per heavy atom. The van der Waals surface area contributed by atoms with E-state index in [4.69, 9.17) is 4.42 Å². The maximum absolute atomic E-state index is 12.4. The van der Waals surface area contributed by atoms with Crippen molar-refractivity contribution in [3.8, 4) is 0 Å². The summed E-state index contributed by atoms with van der Waals surface area (Å²) in [5.41, 5.74) is 1.83. The van der Waals surface area contributed by atoms with Crippen molar-refractivity contribution < 1.29 is 9.21 Å². The Bertz CT molecular complexity index is 965. The Labute approximate surface area is 157 Å². The molecular weight excluding hydrogens is 344 g/mol. The second kappa shape index (κ2) is 7.44. The van der Waals surface area contributed by atoms with E-state index in [1.165, 1.54) is 6.26 Å². The molecule has 4 rings (SSSR count). The number of hydrogen-bond acceptors (Lipinski definition) is 4. The van der Waals surface area contributed by atoms with Crippen LogP contribution in [0.15, 0.2) is 51.9 Å². The molecule has 0 unspecified atom stereocenters. The first-order valence-corrected chi connectivity index (χ1v) is 9.38. The van der Waals surface area contributed by atoms with Gasteiger partial charge in [0, 0.05) is 31.7 Å². The largest absolute Gasteiger partial charge is 0.459 e. The SMILES string of the molecule is C[C@@H](CN1CCC(n2c(=O)[nH]c3ccccc32)CC1)NC(=O)c1ccco1. The first-order valence-electron chi connectivity index (χ1n) is 9.38. The summed E-state index contributed by atoms with van der Waals surface area (Å²) < 4.78 is 7.02. The van der Waals surface area contributed by atoms with Crippen LogP contribution >= 0.6 is 0 Å². The second-order valence-electron chi connectivity index (χ2n) is 7.20. The molecule has 0 radical (unpaired) electrons. The lowest BCUT2D eigenvalue weighted by Crippen LogP contribution is -2.45. The van der Waals surface area contributed by atoms with Crippen molar-refractivity contribution >= 4 is 16.9 Å². The van der Waals surface area contributed by atoms with Gasteiger partial charge in [-0.05, 0) is 44.0 Å². The number of aromatic amines is 1. The van der Waals surface area contributed by atoms with E-state index in [-0.39, 0.29) is 23.7 Å². The maximum atomic E-state index is 12.4. The van der Waals surface area contributed by atoms with Crippen LogP contribution < -0.4 is 11.0 Å². The van der Waals surface area contributed by atoms with E-state index in [0.717, 1.165) is 43.5 Å². The molecule has 0 bridgehead atoms. The number of carbonyl (C=O) groups excluding carboxylic acids is 1. The molecule has 1 aromatic carbocycles. The number of fused-ring (bicyclic) bond motifs is 1. The molecule has 3 heterocycles. The van der Waals surface area contributed by atoms with E-state index in [2.05, 4.69) is 15.2 Å². The normalized spacial score (nSPS) is 17.2. The van der Waals surface area contributed by atoms with Gasteiger partial charge in [0.05, 0.1) is 17.3 Å². The zero-order valence-corrected chi connectivity index (χ0v) is 15.4. The highest BCUT2D eigenvalue weighted by atomic mass is 16.3. The van der Waals surface area contributed by atoms with Crippen molar-refractivity contribution in [2.45, 2.75) is 31.8 Å². The topological polar surface area (TPSA) is 83.3 Å². The molecule has 1 fully saturated rings. The third kappa shape index (κ3) is 3.68. The van der Waals surface area contributed by atoms with Gasteiger partial charge in [0.15, 0.2) is 5.76 Å². The van der Waals surface area contributed by atoms with Gasteiger partial charge in [-0.25, -0.2) is 4.79 Å². The first kappa shape index (κ1) is 17.6. The fraction of sp³-hybridized carbons (Fsp3) is 0.400. The number of carbonyl (C=O) groups is 1. The van der Waals surface area contributed by atoms with Gasteiger partial charge >= 0.3 is 5.69 Å². The molecule has 1 amide bonds. The highest BCUT2D eigenvalue weighted by molar-refractivity contribution is 5.91. The molecule has 1 aliphatic heterocycles. The van der Waals surface area contributed by atoms with Crippen molar-refractivity contribution in [2.75, 3.05) is 19.6 Å². The standard InChI is InChI=1S/C20H24N4O3/c1-14(21-19(25)18-7-4-12-27-18)13-23-10-8-15(9-11-23)24-17-6-3-2-5-16(17)22-20(24)26/h2-7,12,14-15H,8-11,13H2,1H3,(H,21,25)(H,22,26)/t14-/m0/s1. The maximum Gasteiger partial charge on any atom is 0.326 e. The summed E-state index contributed by atoms with van der Waals surface area (Å²) in [5, 5.41) is 2.97. The average molecular weight is 368 g/mol. The van der Waals surface area contributed by atoms with Crippen LogP contribution in [-0.2, 0) is 0 Å². The number of amides is 1. The number of benzene rings is 1. The van der Waals surface area contributed by atoms with Crippen LogP contribution in [-0.4, -0.2) is 46.0 Å². The minimum atomic E-state index is -0.187. The van der Waals surface area contributed by atoms with Gasteiger partial charge in [0.25, 0.3) is 5.91 Å². The summed E-state index contributed by atoms with van der Waals surface area (Å²) in [7, 11) is 0. The van der Waals surface area contributed by atoms with Crippen LogP contribution in [0.4, 0.5) is 0 Å². The number of furan rings is 1. The van der Waals surface area contributed by atoms with Crippen LogP contribution in [0.25, 0.3) is 11.0 Å². The number of aromatic nitrogens is 2. The number of nitrogens with zero attached hydrogens (tertiary/aromatic N) is 2. The molecule has 1 aliphatic rings. The molecule has 0 aliphatic carbocycles. The van der Waals surface area contributed by atoms with Gasteiger partial charge in [-0.3, -0.25) is 9.36 Å². The van der Waals surface area contributed by atoms with E-state index in [0.29, 0.717) is 5.76 Å². The van der Waals surface area contributed by atoms with Crippen molar-refractivity contribution in [3.63, 3.8) is 0 Å². The Morgan fingerprint density at radius 2 is 2.04 bits per heavy atom. The molecule has 7 nitrogen and oxygen atoms in total. The fourth-order valence-corrected chi connectivity index (χ4v) is 3.93. The summed E-state index contributed by atoms with van der Waals surface area (Å²) in [6, 6.07) is 11.4. The molecular formula is C20H24N4O3. The lowest BCUT2D eigenvalue weighted by atomic mass is 10.0. The Kier molecular flexibility index (Phi) is 4.85. The van der Waals surface area contributed by atoms with Crippen molar-refractivity contribution in [1.29, 1.82) is 0 Å². The quantitative estimate of drug-likeness (QED) is 0.724. The van der Waals surface area contributed by atoms with Crippen molar-refractivity contribution in [2.24, 2.45) is 0 Å². The first-order chi connectivity index (χ1) is 13.1. The second-order valence-corrected chi connectivity index (χ2v) is 7.20. The van der Waals surface area contributed by atoms with E-state index in [1.54, 1.807) is 12.1 Å². The van der Waals surface area contributed by atoms with Crippen molar-refractivity contribution in [1.82, 2.24) is 19.8 Å². The summed E-state index contributed by atoms with van der Waals surface area (Å²) in [6.45, 7) is 4.58. The molecule has 1 atom stereocenters. The average Bonchev–Trinajstić information content (AvgIpc) is 3.29. The number of H-pyrrole nitrogens is 1. The molecule has 27 heavy (non-hydrogen) atoms. The molecule has 0 spiro atoms. The lowest BCUT2D eigenvalue weighted by molar-refractivity contribution is 0.0893. The number of hydrogen-bond donors (Lipinski definition) is 2. The number of likely N-dealkylation sites (tertiary alicyclic amines) is 1. The van der Waals surface area contributed by atoms with Crippen LogP contribution in [0.5, 0.6) is 0 Å². The van der Waals surface area contributed by atoms with Crippen LogP contribution in [0, 0.1) is 0 Å². The van der Waals surface area contributed by atoms with Crippen LogP contribution in [0.2, 0.25) is 0 Å². The number of rotatable bonds is 5. The van der Waals surface area contributed by atoms with E-state index < -0.39 is 0 Å². The smallest absolute Gasteiger partial charge is 0.326 e. The number of para-hydroxylation sites is 2. The molecule has 0 saturated carbocycles.